The van der Waals surface area contributed by atoms with Gasteiger partial charge in [0.2, 0.25) is 0 Å². The third-order valence-corrected chi connectivity index (χ3v) is 4.45. The molecule has 100 valence electrons. The lowest BCUT2D eigenvalue weighted by molar-refractivity contribution is 0.112. The number of halogens is 1. The predicted molar refractivity (Wildman–Crippen MR) is 82.5 cm³/mol. The van der Waals surface area contributed by atoms with Crippen molar-refractivity contribution < 1.29 is 4.79 Å². The molecule has 0 bridgehead atoms. The minimum absolute atomic E-state index is 0.559. The number of pyridine rings is 1. The van der Waals surface area contributed by atoms with Crippen LogP contribution in [-0.4, -0.2) is 21.1 Å². The summed E-state index contributed by atoms with van der Waals surface area (Å²) in [4.78, 5) is 16.6. The van der Waals surface area contributed by atoms with Gasteiger partial charge >= 0.3 is 0 Å². The Bertz CT molecular complexity index is 764. The number of carbonyl (C=O) groups is 1. The number of aromatic nitrogens is 3. The summed E-state index contributed by atoms with van der Waals surface area (Å²) in [6.45, 7) is 2.01. The minimum atomic E-state index is 0.559. The summed E-state index contributed by atoms with van der Waals surface area (Å²) in [5.41, 5.74) is 2.22. The van der Waals surface area contributed by atoms with Gasteiger partial charge in [0.25, 0.3) is 0 Å². The van der Waals surface area contributed by atoms with E-state index >= 15 is 0 Å². The fourth-order valence-electron chi connectivity index (χ4n) is 1.97. The summed E-state index contributed by atoms with van der Waals surface area (Å²) in [5, 5.41) is 4.50. The molecule has 0 aliphatic heterocycles. The van der Waals surface area contributed by atoms with Crippen LogP contribution in [0.25, 0.3) is 17.1 Å². The van der Waals surface area contributed by atoms with Crippen LogP contribution in [0.15, 0.2) is 40.4 Å². The van der Waals surface area contributed by atoms with Crippen molar-refractivity contribution in [3.63, 3.8) is 0 Å². The Labute approximate surface area is 128 Å². The first kappa shape index (κ1) is 13.2. The number of aldehydes is 1. The highest BCUT2D eigenvalue weighted by Crippen LogP contribution is 2.34. The summed E-state index contributed by atoms with van der Waals surface area (Å²) >= 11 is 5.09. The standard InChI is InChI=1S/C14H10BrN3OS/c1-9-11(6-12(15)20-9)14-10(8-19)7-18(17-14)13-4-2-3-5-16-13/h2-8H,1H3. The third kappa shape index (κ3) is 2.32. The molecule has 0 N–H and O–H groups in total. The van der Waals surface area contributed by atoms with E-state index in [1.54, 1.807) is 28.4 Å². The van der Waals surface area contributed by atoms with Gasteiger partial charge in [-0.3, -0.25) is 4.79 Å². The van der Waals surface area contributed by atoms with Crippen LogP contribution < -0.4 is 0 Å². The van der Waals surface area contributed by atoms with Crippen molar-refractivity contribution in [2.75, 3.05) is 0 Å². The Morgan fingerprint density at radius 3 is 2.85 bits per heavy atom. The van der Waals surface area contributed by atoms with Gasteiger partial charge in [0.15, 0.2) is 12.1 Å². The summed E-state index contributed by atoms with van der Waals surface area (Å²) in [5.74, 6) is 0.689. The number of aryl methyl sites for hydroxylation is 1. The fraction of sp³-hybridized carbons (Fsp3) is 0.0714. The van der Waals surface area contributed by atoms with Crippen LogP contribution in [-0.2, 0) is 0 Å². The van der Waals surface area contributed by atoms with Crippen molar-refractivity contribution >= 4 is 33.6 Å². The zero-order valence-corrected chi connectivity index (χ0v) is 13.0. The lowest BCUT2D eigenvalue weighted by atomic mass is 10.1. The number of hydrogen-bond donors (Lipinski definition) is 0. The maximum Gasteiger partial charge on any atom is 0.153 e. The highest BCUT2D eigenvalue weighted by atomic mass is 79.9. The average Bonchev–Trinajstić information content (AvgIpc) is 3.02. The summed E-state index contributed by atoms with van der Waals surface area (Å²) in [7, 11) is 0. The van der Waals surface area contributed by atoms with E-state index in [0.717, 1.165) is 20.5 Å². The Balaban J connectivity index is 2.15. The molecule has 4 nitrogen and oxygen atoms in total. The van der Waals surface area contributed by atoms with E-state index in [1.807, 2.05) is 31.2 Å². The molecule has 0 unspecified atom stereocenters. The van der Waals surface area contributed by atoms with E-state index in [2.05, 4.69) is 26.0 Å². The number of nitrogens with zero attached hydrogens (tertiary/aromatic N) is 3. The molecule has 0 spiro atoms. The average molecular weight is 348 g/mol. The first-order chi connectivity index (χ1) is 9.69. The molecule has 0 radical (unpaired) electrons. The zero-order valence-electron chi connectivity index (χ0n) is 10.6. The second-order valence-corrected chi connectivity index (χ2v) is 6.84. The van der Waals surface area contributed by atoms with Crippen molar-refractivity contribution in [1.82, 2.24) is 14.8 Å². The topological polar surface area (TPSA) is 47.8 Å². The minimum Gasteiger partial charge on any atom is -0.298 e. The van der Waals surface area contributed by atoms with Gasteiger partial charge in [-0.25, -0.2) is 9.67 Å². The first-order valence-corrected chi connectivity index (χ1v) is 7.52. The van der Waals surface area contributed by atoms with Crippen LogP contribution in [0.3, 0.4) is 0 Å². The molecule has 3 heterocycles. The van der Waals surface area contributed by atoms with Crippen molar-refractivity contribution in [3.05, 3.63) is 50.9 Å². The van der Waals surface area contributed by atoms with Gasteiger partial charge in [-0.2, -0.15) is 5.10 Å². The second kappa shape index (κ2) is 5.30. The number of hydrogen-bond acceptors (Lipinski definition) is 4. The second-order valence-electron chi connectivity index (χ2n) is 4.20. The molecule has 0 fully saturated rings. The molecule has 6 heteroatoms. The Morgan fingerprint density at radius 2 is 2.25 bits per heavy atom. The van der Waals surface area contributed by atoms with Crippen molar-refractivity contribution in [3.8, 4) is 17.1 Å². The molecular formula is C14H10BrN3OS. The zero-order chi connectivity index (χ0) is 14.1. The van der Waals surface area contributed by atoms with Gasteiger partial charge in [-0.1, -0.05) is 6.07 Å². The molecular weight excluding hydrogens is 338 g/mol. The van der Waals surface area contributed by atoms with Crippen molar-refractivity contribution in [2.24, 2.45) is 0 Å². The van der Waals surface area contributed by atoms with E-state index in [-0.39, 0.29) is 0 Å². The van der Waals surface area contributed by atoms with E-state index in [9.17, 15) is 4.79 Å². The lowest BCUT2D eigenvalue weighted by Crippen LogP contribution is -1.97. The first-order valence-electron chi connectivity index (χ1n) is 5.91. The van der Waals surface area contributed by atoms with Crippen LogP contribution in [0, 0.1) is 6.92 Å². The van der Waals surface area contributed by atoms with Crippen LogP contribution >= 0.6 is 27.3 Å². The normalized spacial score (nSPS) is 10.7. The smallest absolute Gasteiger partial charge is 0.153 e. The SMILES string of the molecule is Cc1sc(Br)cc1-c1nn(-c2ccccn2)cc1C=O. The molecule has 0 amide bonds. The molecule has 0 aromatic carbocycles. The molecule has 3 aromatic heterocycles. The highest BCUT2D eigenvalue weighted by Gasteiger charge is 2.16. The van der Waals surface area contributed by atoms with E-state index in [1.165, 1.54) is 0 Å². The van der Waals surface area contributed by atoms with Crippen LogP contribution in [0.2, 0.25) is 0 Å². The predicted octanol–water partition coefficient (Wildman–Crippen LogP) is 3.88. The van der Waals surface area contributed by atoms with Crippen LogP contribution in [0.4, 0.5) is 0 Å². The Morgan fingerprint density at radius 1 is 1.40 bits per heavy atom. The van der Waals surface area contributed by atoms with Gasteiger partial charge in [0.05, 0.1) is 9.35 Å². The van der Waals surface area contributed by atoms with Gasteiger partial charge < -0.3 is 0 Å². The lowest BCUT2D eigenvalue weighted by Gasteiger charge is -1.98. The number of rotatable bonds is 3. The number of carbonyl (C=O) groups excluding carboxylic acids is 1. The fourth-order valence-corrected chi connectivity index (χ4v) is 3.66. The summed E-state index contributed by atoms with van der Waals surface area (Å²) in [6, 6.07) is 7.56. The number of thiophene rings is 1. The van der Waals surface area contributed by atoms with E-state index in [0.29, 0.717) is 17.1 Å². The molecule has 0 saturated heterocycles. The largest absolute Gasteiger partial charge is 0.298 e. The van der Waals surface area contributed by atoms with Gasteiger partial charge in [0.1, 0.15) is 5.69 Å². The van der Waals surface area contributed by atoms with Crippen LogP contribution in [0.1, 0.15) is 15.2 Å². The molecule has 3 rings (SSSR count). The summed E-state index contributed by atoms with van der Waals surface area (Å²) < 4.78 is 2.65. The maximum atomic E-state index is 11.3. The Kier molecular flexibility index (Phi) is 3.50. The molecule has 0 atom stereocenters. The van der Waals surface area contributed by atoms with Gasteiger partial charge in [0, 0.05) is 22.8 Å². The van der Waals surface area contributed by atoms with Crippen molar-refractivity contribution in [2.45, 2.75) is 6.92 Å². The molecule has 0 aliphatic carbocycles. The quantitative estimate of drug-likeness (QED) is 0.675. The monoisotopic (exact) mass is 347 g/mol. The van der Waals surface area contributed by atoms with Gasteiger partial charge in [-0.05, 0) is 41.1 Å². The van der Waals surface area contributed by atoms with Gasteiger partial charge in [-0.15, -0.1) is 11.3 Å². The molecule has 20 heavy (non-hydrogen) atoms. The molecule has 3 aromatic rings. The molecule has 0 saturated carbocycles. The Hall–Kier alpha value is -1.79. The maximum absolute atomic E-state index is 11.3. The van der Waals surface area contributed by atoms with E-state index < -0.39 is 0 Å². The highest BCUT2D eigenvalue weighted by molar-refractivity contribution is 9.11. The molecule has 0 aliphatic rings. The van der Waals surface area contributed by atoms with Crippen molar-refractivity contribution in [1.29, 1.82) is 0 Å². The summed E-state index contributed by atoms with van der Waals surface area (Å²) in [6.07, 6.45) is 4.23. The van der Waals surface area contributed by atoms with E-state index in [4.69, 9.17) is 0 Å². The third-order valence-electron chi connectivity index (χ3n) is 2.90. The van der Waals surface area contributed by atoms with Crippen LogP contribution in [0.5, 0.6) is 0 Å².